The molecule has 1 aliphatic rings. The van der Waals surface area contributed by atoms with Gasteiger partial charge in [-0.15, -0.1) is 11.3 Å². The Labute approximate surface area is 90.5 Å². The third-order valence-electron chi connectivity index (χ3n) is 4.06. The molecule has 2 rings (SSSR count). The molecular weight excluding hydrogens is 190 g/mol. The summed E-state index contributed by atoms with van der Waals surface area (Å²) in [5, 5.41) is 5.63. The number of rotatable bonds is 3. The zero-order valence-corrected chi connectivity index (χ0v) is 10.0. The van der Waals surface area contributed by atoms with Gasteiger partial charge in [-0.1, -0.05) is 19.9 Å². The first kappa shape index (κ1) is 10.2. The highest BCUT2D eigenvalue weighted by atomic mass is 32.1. The van der Waals surface area contributed by atoms with Crippen LogP contribution in [0.3, 0.4) is 0 Å². The molecule has 0 saturated heterocycles. The quantitative estimate of drug-likeness (QED) is 0.806. The van der Waals surface area contributed by atoms with Gasteiger partial charge in [0.15, 0.2) is 0 Å². The number of thiophene rings is 1. The largest absolute Gasteiger partial charge is 0.316 e. The number of hydrogen-bond donors (Lipinski definition) is 1. The average Bonchev–Trinajstić information content (AvgIpc) is 2.69. The highest BCUT2D eigenvalue weighted by Crippen LogP contribution is 2.55. The standard InChI is InChI=1S/C12H19NS/c1-4-12(2)9(8-11(12)13-3)10-6-5-7-14-10/h5-7,9,11,13H,4,8H2,1-3H3. The molecule has 1 nitrogen and oxygen atoms in total. The Morgan fingerprint density at radius 3 is 2.93 bits per heavy atom. The molecule has 0 radical (unpaired) electrons. The first-order valence-electron chi connectivity index (χ1n) is 5.43. The van der Waals surface area contributed by atoms with Gasteiger partial charge in [0.2, 0.25) is 0 Å². The summed E-state index contributed by atoms with van der Waals surface area (Å²) >= 11 is 1.91. The molecule has 78 valence electrons. The lowest BCUT2D eigenvalue weighted by atomic mass is 9.55. The lowest BCUT2D eigenvalue weighted by Gasteiger charge is -2.54. The maximum atomic E-state index is 3.44. The molecule has 0 spiro atoms. The second kappa shape index (κ2) is 3.67. The Morgan fingerprint density at radius 1 is 1.64 bits per heavy atom. The first-order valence-corrected chi connectivity index (χ1v) is 6.31. The predicted octanol–water partition coefficient (Wildman–Crippen LogP) is 3.24. The van der Waals surface area contributed by atoms with Crippen molar-refractivity contribution in [1.29, 1.82) is 0 Å². The zero-order valence-electron chi connectivity index (χ0n) is 9.21. The van der Waals surface area contributed by atoms with Crippen molar-refractivity contribution in [3.63, 3.8) is 0 Å². The van der Waals surface area contributed by atoms with E-state index in [1.165, 1.54) is 12.8 Å². The minimum Gasteiger partial charge on any atom is -0.316 e. The van der Waals surface area contributed by atoms with Gasteiger partial charge in [0.25, 0.3) is 0 Å². The van der Waals surface area contributed by atoms with Crippen molar-refractivity contribution >= 4 is 11.3 Å². The fraction of sp³-hybridized carbons (Fsp3) is 0.667. The second-order valence-corrected chi connectivity index (χ2v) is 5.48. The fourth-order valence-corrected chi connectivity index (χ4v) is 3.73. The van der Waals surface area contributed by atoms with Crippen LogP contribution in [-0.4, -0.2) is 13.1 Å². The molecule has 1 aromatic rings. The van der Waals surface area contributed by atoms with E-state index in [2.05, 4.69) is 43.7 Å². The highest BCUT2D eigenvalue weighted by Gasteiger charge is 2.50. The van der Waals surface area contributed by atoms with Gasteiger partial charge < -0.3 is 5.32 Å². The Bertz CT molecular complexity index is 293. The van der Waals surface area contributed by atoms with E-state index in [0.29, 0.717) is 11.5 Å². The van der Waals surface area contributed by atoms with Crippen molar-refractivity contribution in [2.45, 2.75) is 38.6 Å². The maximum absolute atomic E-state index is 3.44. The lowest BCUT2D eigenvalue weighted by Crippen LogP contribution is -2.55. The van der Waals surface area contributed by atoms with E-state index in [4.69, 9.17) is 0 Å². The van der Waals surface area contributed by atoms with Gasteiger partial charge in [0.05, 0.1) is 0 Å². The first-order chi connectivity index (χ1) is 6.72. The van der Waals surface area contributed by atoms with Gasteiger partial charge in [-0.2, -0.15) is 0 Å². The van der Waals surface area contributed by atoms with Crippen LogP contribution in [0.5, 0.6) is 0 Å². The van der Waals surface area contributed by atoms with Crippen LogP contribution in [0.1, 0.15) is 37.5 Å². The van der Waals surface area contributed by atoms with E-state index in [1.54, 1.807) is 4.88 Å². The normalized spacial score (nSPS) is 36.8. The molecule has 1 saturated carbocycles. The molecule has 1 aliphatic carbocycles. The third kappa shape index (κ3) is 1.32. The van der Waals surface area contributed by atoms with Crippen LogP contribution >= 0.6 is 11.3 Å². The van der Waals surface area contributed by atoms with Crippen molar-refractivity contribution in [1.82, 2.24) is 5.32 Å². The molecular formula is C12H19NS. The molecule has 1 aromatic heterocycles. The zero-order chi connectivity index (χ0) is 10.2. The summed E-state index contributed by atoms with van der Waals surface area (Å²) in [7, 11) is 2.09. The van der Waals surface area contributed by atoms with Gasteiger partial charge in [0.1, 0.15) is 0 Å². The Hall–Kier alpha value is -0.340. The smallest absolute Gasteiger partial charge is 0.0130 e. The van der Waals surface area contributed by atoms with Crippen LogP contribution in [-0.2, 0) is 0 Å². The van der Waals surface area contributed by atoms with Crippen molar-refractivity contribution in [2.24, 2.45) is 5.41 Å². The molecule has 1 N–H and O–H groups in total. The van der Waals surface area contributed by atoms with Gasteiger partial charge in [-0.25, -0.2) is 0 Å². The molecule has 3 unspecified atom stereocenters. The SMILES string of the molecule is CCC1(C)C(NC)CC1c1cccs1. The van der Waals surface area contributed by atoms with Crippen molar-refractivity contribution in [3.05, 3.63) is 22.4 Å². The van der Waals surface area contributed by atoms with Gasteiger partial charge in [-0.3, -0.25) is 0 Å². The molecule has 1 heterocycles. The van der Waals surface area contributed by atoms with Crippen LogP contribution in [0.4, 0.5) is 0 Å². The summed E-state index contributed by atoms with van der Waals surface area (Å²) in [5.74, 6) is 0.782. The monoisotopic (exact) mass is 209 g/mol. The summed E-state index contributed by atoms with van der Waals surface area (Å²) in [6.45, 7) is 4.73. The molecule has 1 fully saturated rings. The summed E-state index contributed by atoms with van der Waals surface area (Å²) < 4.78 is 0. The molecule has 0 aromatic carbocycles. The molecule has 14 heavy (non-hydrogen) atoms. The van der Waals surface area contributed by atoms with E-state index < -0.39 is 0 Å². The minimum atomic E-state index is 0.472. The van der Waals surface area contributed by atoms with Crippen LogP contribution in [0.2, 0.25) is 0 Å². The fourth-order valence-electron chi connectivity index (χ4n) is 2.73. The third-order valence-corrected chi connectivity index (χ3v) is 5.05. The van der Waals surface area contributed by atoms with Gasteiger partial charge in [0, 0.05) is 16.8 Å². The van der Waals surface area contributed by atoms with E-state index in [1.807, 2.05) is 11.3 Å². The summed E-state index contributed by atoms with van der Waals surface area (Å²) in [4.78, 5) is 1.57. The average molecular weight is 209 g/mol. The second-order valence-electron chi connectivity index (χ2n) is 4.50. The van der Waals surface area contributed by atoms with Crippen LogP contribution in [0, 0.1) is 5.41 Å². The topological polar surface area (TPSA) is 12.0 Å². The van der Waals surface area contributed by atoms with E-state index in [-0.39, 0.29) is 0 Å². The Balaban J connectivity index is 2.17. The van der Waals surface area contributed by atoms with Crippen molar-refractivity contribution in [3.8, 4) is 0 Å². The van der Waals surface area contributed by atoms with Crippen LogP contribution in [0.15, 0.2) is 17.5 Å². The Kier molecular flexibility index (Phi) is 2.67. The predicted molar refractivity (Wildman–Crippen MR) is 62.9 cm³/mol. The molecule has 0 bridgehead atoms. The van der Waals surface area contributed by atoms with Crippen LogP contribution < -0.4 is 5.32 Å². The number of nitrogens with one attached hydrogen (secondary N) is 1. The summed E-state index contributed by atoms with van der Waals surface area (Å²) in [6, 6.07) is 5.16. The van der Waals surface area contributed by atoms with Gasteiger partial charge >= 0.3 is 0 Å². The lowest BCUT2D eigenvalue weighted by molar-refractivity contribution is 0.0515. The molecule has 0 amide bonds. The summed E-state index contributed by atoms with van der Waals surface area (Å²) in [6.07, 6.45) is 2.57. The molecule has 0 aliphatic heterocycles. The maximum Gasteiger partial charge on any atom is 0.0130 e. The van der Waals surface area contributed by atoms with Crippen molar-refractivity contribution < 1.29 is 0 Å². The Morgan fingerprint density at radius 2 is 2.43 bits per heavy atom. The highest BCUT2D eigenvalue weighted by molar-refractivity contribution is 7.10. The van der Waals surface area contributed by atoms with Crippen LogP contribution in [0.25, 0.3) is 0 Å². The van der Waals surface area contributed by atoms with Crippen molar-refractivity contribution in [2.75, 3.05) is 7.05 Å². The molecule has 2 heteroatoms. The van der Waals surface area contributed by atoms with E-state index in [0.717, 1.165) is 5.92 Å². The van der Waals surface area contributed by atoms with Gasteiger partial charge in [-0.05, 0) is 36.8 Å². The molecule has 3 atom stereocenters. The number of hydrogen-bond acceptors (Lipinski definition) is 2. The van der Waals surface area contributed by atoms with E-state index >= 15 is 0 Å². The minimum absolute atomic E-state index is 0.472. The van der Waals surface area contributed by atoms with E-state index in [9.17, 15) is 0 Å². The summed E-state index contributed by atoms with van der Waals surface area (Å²) in [5.41, 5.74) is 0.472.